The van der Waals surface area contributed by atoms with Crippen LogP contribution in [0.2, 0.25) is 0 Å². The maximum atomic E-state index is 12.6. The van der Waals surface area contributed by atoms with Crippen LogP contribution in [-0.2, 0) is 16.1 Å². The first kappa shape index (κ1) is 19.0. The van der Waals surface area contributed by atoms with Gasteiger partial charge in [-0.25, -0.2) is 0 Å². The van der Waals surface area contributed by atoms with Gasteiger partial charge in [0.2, 0.25) is 5.91 Å². The van der Waals surface area contributed by atoms with E-state index < -0.39 is 0 Å². The Balaban J connectivity index is 1.62. The number of carbonyl (C=O) groups is 1. The molecule has 5 heteroatoms. The molecular formula is C21H26N2O2S. The van der Waals surface area contributed by atoms with Gasteiger partial charge < -0.3 is 10.1 Å². The fraction of sp³-hybridized carbons (Fsp3) is 0.381. The molecule has 4 nitrogen and oxygen atoms in total. The number of anilines is 1. The molecule has 1 aliphatic rings. The number of hydrogen-bond acceptors (Lipinski definition) is 4. The zero-order valence-electron chi connectivity index (χ0n) is 15.2. The predicted octanol–water partition coefficient (Wildman–Crippen LogP) is 4.03. The maximum Gasteiger partial charge on any atom is 0.238 e. The molecule has 26 heavy (non-hydrogen) atoms. The Labute approximate surface area is 159 Å². The molecule has 2 aromatic rings. The summed E-state index contributed by atoms with van der Waals surface area (Å²) < 4.78 is 5.78. The molecule has 1 unspecified atom stereocenters. The van der Waals surface area contributed by atoms with Crippen LogP contribution in [0.1, 0.15) is 18.4 Å². The van der Waals surface area contributed by atoms with Gasteiger partial charge in [-0.15, -0.1) is 11.8 Å². The van der Waals surface area contributed by atoms with Crippen LogP contribution in [0.25, 0.3) is 0 Å². The second kappa shape index (κ2) is 9.76. The van der Waals surface area contributed by atoms with E-state index in [1.165, 1.54) is 5.56 Å². The van der Waals surface area contributed by atoms with E-state index in [0.717, 1.165) is 43.1 Å². The normalized spacial score (nSPS) is 16.8. The molecule has 1 fully saturated rings. The van der Waals surface area contributed by atoms with Gasteiger partial charge >= 0.3 is 0 Å². The summed E-state index contributed by atoms with van der Waals surface area (Å²) in [6.45, 7) is 2.72. The van der Waals surface area contributed by atoms with Crippen molar-refractivity contribution >= 4 is 23.4 Å². The summed E-state index contributed by atoms with van der Waals surface area (Å²) in [5.74, 6) is 0.0113. The van der Waals surface area contributed by atoms with Gasteiger partial charge in [0.15, 0.2) is 0 Å². The van der Waals surface area contributed by atoms with E-state index in [9.17, 15) is 4.79 Å². The summed E-state index contributed by atoms with van der Waals surface area (Å²) >= 11 is 1.67. The highest BCUT2D eigenvalue weighted by Gasteiger charge is 2.21. The molecule has 1 aliphatic heterocycles. The van der Waals surface area contributed by atoms with Crippen LogP contribution in [0.5, 0.6) is 0 Å². The highest BCUT2D eigenvalue weighted by atomic mass is 32.2. The van der Waals surface area contributed by atoms with Gasteiger partial charge in [-0.3, -0.25) is 9.69 Å². The highest BCUT2D eigenvalue weighted by Crippen LogP contribution is 2.19. The molecule has 0 bridgehead atoms. The monoisotopic (exact) mass is 370 g/mol. The zero-order chi connectivity index (χ0) is 18.2. The van der Waals surface area contributed by atoms with Gasteiger partial charge in [-0.05, 0) is 42.9 Å². The topological polar surface area (TPSA) is 41.6 Å². The van der Waals surface area contributed by atoms with Gasteiger partial charge in [0.05, 0.1) is 12.6 Å². The molecule has 1 heterocycles. The summed E-state index contributed by atoms with van der Waals surface area (Å²) in [7, 11) is 0. The van der Waals surface area contributed by atoms with Crippen molar-refractivity contribution in [1.29, 1.82) is 0 Å². The molecule has 1 amide bonds. The minimum atomic E-state index is 0.0113. The molecule has 138 valence electrons. The quantitative estimate of drug-likeness (QED) is 0.713. The van der Waals surface area contributed by atoms with E-state index >= 15 is 0 Å². The molecule has 0 spiro atoms. The first-order valence-corrected chi connectivity index (χ1v) is 10.3. The van der Waals surface area contributed by atoms with Gasteiger partial charge in [0.25, 0.3) is 0 Å². The first-order chi connectivity index (χ1) is 12.7. The Kier molecular flexibility index (Phi) is 7.12. The second-order valence-corrected chi connectivity index (χ2v) is 7.45. The average Bonchev–Trinajstić information content (AvgIpc) is 3.15. The third kappa shape index (κ3) is 5.87. The number of nitrogens with one attached hydrogen (secondary N) is 1. The molecular weight excluding hydrogens is 344 g/mol. The van der Waals surface area contributed by atoms with Crippen LogP contribution in [0, 0.1) is 0 Å². The average molecular weight is 371 g/mol. The molecule has 3 rings (SSSR count). The molecule has 1 saturated heterocycles. The number of amides is 1. The van der Waals surface area contributed by atoms with Gasteiger partial charge in [-0.1, -0.05) is 36.4 Å². The summed E-state index contributed by atoms with van der Waals surface area (Å²) in [5.41, 5.74) is 2.06. The molecule has 0 aliphatic carbocycles. The zero-order valence-corrected chi connectivity index (χ0v) is 16.0. The van der Waals surface area contributed by atoms with Crippen molar-refractivity contribution in [3.8, 4) is 0 Å². The number of thioether (sulfide) groups is 1. The molecule has 1 atom stereocenters. The van der Waals surface area contributed by atoms with Crippen LogP contribution < -0.4 is 5.32 Å². The third-order valence-electron chi connectivity index (χ3n) is 4.46. The van der Waals surface area contributed by atoms with Crippen molar-refractivity contribution in [2.24, 2.45) is 0 Å². The van der Waals surface area contributed by atoms with Gasteiger partial charge in [0.1, 0.15) is 0 Å². The van der Waals surface area contributed by atoms with E-state index in [4.69, 9.17) is 4.74 Å². The summed E-state index contributed by atoms with van der Waals surface area (Å²) in [4.78, 5) is 15.9. The van der Waals surface area contributed by atoms with E-state index in [-0.39, 0.29) is 12.0 Å². The highest BCUT2D eigenvalue weighted by molar-refractivity contribution is 7.98. The van der Waals surface area contributed by atoms with Crippen molar-refractivity contribution in [1.82, 2.24) is 4.90 Å². The summed E-state index contributed by atoms with van der Waals surface area (Å²) in [5, 5.41) is 3.02. The Morgan fingerprint density at radius 2 is 2.08 bits per heavy atom. The van der Waals surface area contributed by atoms with Crippen molar-refractivity contribution in [2.45, 2.75) is 30.4 Å². The van der Waals surface area contributed by atoms with Crippen LogP contribution in [0.3, 0.4) is 0 Å². The van der Waals surface area contributed by atoms with Crippen LogP contribution in [-0.4, -0.2) is 42.9 Å². The van der Waals surface area contributed by atoms with Crippen LogP contribution >= 0.6 is 11.8 Å². The Bertz CT molecular complexity index is 702. The van der Waals surface area contributed by atoms with Crippen molar-refractivity contribution in [3.05, 3.63) is 60.2 Å². The van der Waals surface area contributed by atoms with Crippen LogP contribution in [0.15, 0.2) is 59.5 Å². The van der Waals surface area contributed by atoms with Crippen molar-refractivity contribution in [2.75, 3.05) is 31.3 Å². The summed E-state index contributed by atoms with van der Waals surface area (Å²) in [6.07, 6.45) is 4.44. The Morgan fingerprint density at radius 1 is 1.23 bits per heavy atom. The van der Waals surface area contributed by atoms with Gasteiger partial charge in [0, 0.05) is 30.3 Å². The molecule has 0 aromatic heterocycles. The van der Waals surface area contributed by atoms with Crippen LogP contribution in [0.4, 0.5) is 5.69 Å². The molecule has 0 saturated carbocycles. The van der Waals surface area contributed by atoms with E-state index in [1.807, 2.05) is 48.7 Å². The minimum absolute atomic E-state index is 0.0113. The lowest BCUT2D eigenvalue weighted by atomic mass is 10.2. The Hall–Kier alpha value is -1.82. The van der Waals surface area contributed by atoms with E-state index in [2.05, 4.69) is 22.3 Å². The van der Waals surface area contributed by atoms with Crippen molar-refractivity contribution in [3.63, 3.8) is 0 Å². The second-order valence-electron chi connectivity index (χ2n) is 6.57. The number of rotatable bonds is 8. The lowest BCUT2D eigenvalue weighted by molar-refractivity contribution is -0.117. The number of ether oxygens (including phenoxy) is 1. The first-order valence-electron chi connectivity index (χ1n) is 9.05. The molecule has 1 N–H and O–H groups in total. The SMILES string of the molecule is CSc1cccc(NC(=O)CN(Cc2ccccc2)CC2CCCO2)c1. The number of carbonyl (C=O) groups excluding carboxylic acids is 1. The summed E-state index contributed by atoms with van der Waals surface area (Å²) in [6, 6.07) is 18.2. The number of benzene rings is 2. The lowest BCUT2D eigenvalue weighted by Crippen LogP contribution is -2.37. The molecule has 0 radical (unpaired) electrons. The third-order valence-corrected chi connectivity index (χ3v) is 5.18. The predicted molar refractivity (Wildman–Crippen MR) is 108 cm³/mol. The number of nitrogens with zero attached hydrogens (tertiary/aromatic N) is 1. The van der Waals surface area contributed by atoms with E-state index in [0.29, 0.717) is 6.54 Å². The molecule has 2 aromatic carbocycles. The van der Waals surface area contributed by atoms with Gasteiger partial charge in [-0.2, -0.15) is 0 Å². The maximum absolute atomic E-state index is 12.6. The smallest absolute Gasteiger partial charge is 0.238 e. The number of hydrogen-bond donors (Lipinski definition) is 1. The van der Waals surface area contributed by atoms with Crippen molar-refractivity contribution < 1.29 is 9.53 Å². The largest absolute Gasteiger partial charge is 0.377 e. The minimum Gasteiger partial charge on any atom is -0.377 e. The van der Waals surface area contributed by atoms with E-state index in [1.54, 1.807) is 11.8 Å². The Morgan fingerprint density at radius 3 is 2.81 bits per heavy atom. The fourth-order valence-electron chi connectivity index (χ4n) is 3.21. The fourth-order valence-corrected chi connectivity index (χ4v) is 3.67. The standard InChI is InChI=1S/C21H26N2O2S/c1-26-20-11-5-9-18(13-20)22-21(24)16-23(15-19-10-6-12-25-19)14-17-7-3-2-4-8-17/h2-5,7-9,11,13,19H,6,10,12,14-16H2,1H3,(H,22,24). The lowest BCUT2D eigenvalue weighted by Gasteiger charge is -2.24.